The summed E-state index contributed by atoms with van der Waals surface area (Å²) in [6.07, 6.45) is -0.274. The van der Waals surface area contributed by atoms with Crippen LogP contribution in [0.2, 0.25) is 0 Å². The van der Waals surface area contributed by atoms with Crippen molar-refractivity contribution in [1.29, 1.82) is 0 Å². The number of carbonyl (C=O) groups excluding carboxylic acids is 2. The molecule has 1 aliphatic heterocycles. The topological polar surface area (TPSA) is 76.1 Å². The van der Waals surface area contributed by atoms with Crippen molar-refractivity contribution in [2.24, 2.45) is 5.92 Å². The van der Waals surface area contributed by atoms with Gasteiger partial charge in [-0.25, -0.2) is 9.59 Å². The molecule has 0 saturated carbocycles. The van der Waals surface area contributed by atoms with E-state index < -0.39 is 23.8 Å². The Bertz CT molecular complexity index is 581. The van der Waals surface area contributed by atoms with Crippen LogP contribution in [-0.2, 0) is 20.9 Å². The average Bonchev–Trinajstić information content (AvgIpc) is 2.58. The van der Waals surface area contributed by atoms with Crippen LogP contribution in [0.1, 0.15) is 39.2 Å². The maximum absolute atomic E-state index is 12.2. The number of ether oxygens (including phenoxy) is 2. The minimum Gasteiger partial charge on any atom is -0.459 e. The van der Waals surface area contributed by atoms with Crippen LogP contribution in [0.5, 0.6) is 0 Å². The fourth-order valence-corrected chi connectivity index (χ4v) is 2.77. The number of hydrogen-bond acceptors (Lipinski definition) is 5. The van der Waals surface area contributed by atoms with E-state index >= 15 is 0 Å². The molecule has 1 heterocycles. The molecule has 1 unspecified atom stereocenters. The highest BCUT2D eigenvalue weighted by molar-refractivity contribution is 5.75. The third-order valence-corrected chi connectivity index (χ3v) is 4.02. The summed E-state index contributed by atoms with van der Waals surface area (Å²) in [5, 5.41) is 10.3. The summed E-state index contributed by atoms with van der Waals surface area (Å²) in [6.45, 7) is 6.40. The molecule has 0 bridgehead atoms. The molecule has 138 valence electrons. The predicted octanol–water partition coefficient (Wildman–Crippen LogP) is 2.74. The molecule has 0 radical (unpaired) electrons. The van der Waals surface area contributed by atoms with Crippen molar-refractivity contribution in [2.45, 2.75) is 51.9 Å². The summed E-state index contributed by atoms with van der Waals surface area (Å²) in [7, 11) is 0. The summed E-state index contributed by atoms with van der Waals surface area (Å²) in [5.41, 5.74) is 0.291. The number of hydrogen-bond donors (Lipinski definition) is 1. The fourth-order valence-electron chi connectivity index (χ4n) is 2.77. The zero-order valence-electron chi connectivity index (χ0n) is 15.1. The first-order valence-electron chi connectivity index (χ1n) is 8.63. The number of aliphatic hydroxyl groups is 1. The lowest BCUT2D eigenvalue weighted by Crippen LogP contribution is -2.47. The maximum atomic E-state index is 12.2. The Balaban J connectivity index is 1.86. The highest BCUT2D eigenvalue weighted by atomic mass is 16.6. The lowest BCUT2D eigenvalue weighted by molar-refractivity contribution is -0.159. The van der Waals surface area contributed by atoms with E-state index in [-0.39, 0.29) is 19.1 Å². The Hall–Kier alpha value is -2.08. The second-order valence-electron chi connectivity index (χ2n) is 7.37. The van der Waals surface area contributed by atoms with Gasteiger partial charge < -0.3 is 19.5 Å². The van der Waals surface area contributed by atoms with Crippen molar-refractivity contribution < 1.29 is 24.2 Å². The molecule has 2 rings (SSSR count). The smallest absolute Gasteiger partial charge is 0.410 e. The van der Waals surface area contributed by atoms with Crippen LogP contribution >= 0.6 is 0 Å². The number of esters is 1. The Morgan fingerprint density at radius 1 is 1.28 bits per heavy atom. The molecular formula is C19H27NO5. The van der Waals surface area contributed by atoms with E-state index in [4.69, 9.17) is 9.47 Å². The van der Waals surface area contributed by atoms with Gasteiger partial charge in [-0.15, -0.1) is 0 Å². The number of piperidine rings is 1. The number of amides is 1. The third kappa shape index (κ3) is 6.05. The Morgan fingerprint density at radius 2 is 1.96 bits per heavy atom. The van der Waals surface area contributed by atoms with Crippen LogP contribution in [0, 0.1) is 5.92 Å². The quantitative estimate of drug-likeness (QED) is 0.846. The van der Waals surface area contributed by atoms with Crippen LogP contribution in [0.3, 0.4) is 0 Å². The molecule has 25 heavy (non-hydrogen) atoms. The fraction of sp³-hybridized carbons (Fsp3) is 0.579. The molecule has 1 fully saturated rings. The molecule has 1 aromatic carbocycles. The number of benzene rings is 1. The van der Waals surface area contributed by atoms with Crippen molar-refractivity contribution in [1.82, 2.24) is 4.90 Å². The first-order valence-corrected chi connectivity index (χ1v) is 8.63. The second-order valence-corrected chi connectivity index (χ2v) is 7.37. The van der Waals surface area contributed by atoms with Gasteiger partial charge >= 0.3 is 12.1 Å². The van der Waals surface area contributed by atoms with Gasteiger partial charge in [0.1, 0.15) is 12.2 Å². The Kier molecular flexibility index (Phi) is 6.42. The van der Waals surface area contributed by atoms with Gasteiger partial charge in [0.05, 0.1) is 0 Å². The molecule has 1 saturated heterocycles. The number of carbonyl (C=O) groups is 2. The van der Waals surface area contributed by atoms with Gasteiger partial charge in [0.15, 0.2) is 6.10 Å². The van der Waals surface area contributed by atoms with E-state index in [0.717, 1.165) is 5.56 Å². The SMILES string of the molecule is CC(C)(C)OC(=O)N1CCC[C@@H](C(O)C(=O)OCc2ccccc2)C1. The number of likely N-dealkylation sites (tertiary alicyclic amines) is 1. The molecule has 6 heteroatoms. The highest BCUT2D eigenvalue weighted by Crippen LogP contribution is 2.23. The van der Waals surface area contributed by atoms with Crippen molar-refractivity contribution in [2.75, 3.05) is 13.1 Å². The van der Waals surface area contributed by atoms with Crippen molar-refractivity contribution in [3.63, 3.8) is 0 Å². The van der Waals surface area contributed by atoms with Crippen LogP contribution in [0.4, 0.5) is 4.79 Å². The Morgan fingerprint density at radius 3 is 2.60 bits per heavy atom. The van der Waals surface area contributed by atoms with Gasteiger partial charge in [0.25, 0.3) is 0 Å². The normalized spacial score (nSPS) is 19.2. The van der Waals surface area contributed by atoms with E-state index in [9.17, 15) is 14.7 Å². The minimum atomic E-state index is -1.24. The second kappa shape index (κ2) is 8.34. The summed E-state index contributed by atoms with van der Waals surface area (Å²) < 4.78 is 10.6. The lowest BCUT2D eigenvalue weighted by atomic mass is 9.92. The largest absolute Gasteiger partial charge is 0.459 e. The first kappa shape index (κ1) is 19.2. The van der Waals surface area contributed by atoms with Crippen LogP contribution in [-0.4, -0.2) is 46.9 Å². The average molecular weight is 349 g/mol. The predicted molar refractivity (Wildman–Crippen MR) is 92.8 cm³/mol. The molecule has 0 spiro atoms. The zero-order valence-corrected chi connectivity index (χ0v) is 15.1. The molecule has 6 nitrogen and oxygen atoms in total. The molecule has 0 aliphatic carbocycles. The first-order chi connectivity index (χ1) is 11.8. The van der Waals surface area contributed by atoms with Gasteiger partial charge in [-0.3, -0.25) is 0 Å². The van der Waals surface area contributed by atoms with E-state index in [1.165, 1.54) is 0 Å². The molecule has 1 aromatic rings. The van der Waals surface area contributed by atoms with Gasteiger partial charge in [-0.05, 0) is 39.2 Å². The third-order valence-electron chi connectivity index (χ3n) is 4.02. The van der Waals surface area contributed by atoms with Crippen LogP contribution < -0.4 is 0 Å². The Labute approximate surface area is 148 Å². The van der Waals surface area contributed by atoms with E-state index in [2.05, 4.69) is 0 Å². The van der Waals surface area contributed by atoms with Gasteiger partial charge in [-0.1, -0.05) is 30.3 Å². The summed E-state index contributed by atoms with van der Waals surface area (Å²) in [5.74, 6) is -0.996. The molecule has 0 aromatic heterocycles. The summed E-state index contributed by atoms with van der Waals surface area (Å²) in [6, 6.07) is 9.31. The highest BCUT2D eigenvalue weighted by Gasteiger charge is 2.34. The van der Waals surface area contributed by atoms with Crippen LogP contribution in [0.15, 0.2) is 30.3 Å². The van der Waals surface area contributed by atoms with Crippen molar-refractivity contribution in [3.8, 4) is 0 Å². The molecule has 1 aliphatic rings. The summed E-state index contributed by atoms with van der Waals surface area (Å²) in [4.78, 5) is 25.8. The zero-order chi connectivity index (χ0) is 18.4. The number of rotatable bonds is 4. The van der Waals surface area contributed by atoms with E-state index in [0.29, 0.717) is 19.4 Å². The number of nitrogens with zero attached hydrogens (tertiary/aromatic N) is 1. The summed E-state index contributed by atoms with van der Waals surface area (Å²) >= 11 is 0. The number of aliphatic hydroxyl groups excluding tert-OH is 1. The molecular weight excluding hydrogens is 322 g/mol. The van der Waals surface area contributed by atoms with Gasteiger partial charge in [0.2, 0.25) is 0 Å². The van der Waals surface area contributed by atoms with E-state index in [1.807, 2.05) is 51.1 Å². The van der Waals surface area contributed by atoms with Gasteiger partial charge in [0, 0.05) is 19.0 Å². The van der Waals surface area contributed by atoms with Crippen LogP contribution in [0.25, 0.3) is 0 Å². The lowest BCUT2D eigenvalue weighted by Gasteiger charge is -2.35. The molecule has 1 amide bonds. The van der Waals surface area contributed by atoms with Crippen molar-refractivity contribution in [3.05, 3.63) is 35.9 Å². The molecule has 1 N–H and O–H groups in total. The standard InChI is InChI=1S/C19H27NO5/c1-19(2,3)25-18(23)20-11-7-10-15(12-20)16(21)17(22)24-13-14-8-5-4-6-9-14/h4-6,8-9,15-16,21H,7,10-13H2,1-3H3/t15-,16?/m1/s1. The van der Waals surface area contributed by atoms with Crippen molar-refractivity contribution >= 4 is 12.1 Å². The molecule has 2 atom stereocenters. The minimum absolute atomic E-state index is 0.124. The van der Waals surface area contributed by atoms with Gasteiger partial charge in [-0.2, -0.15) is 0 Å². The monoisotopic (exact) mass is 349 g/mol. The maximum Gasteiger partial charge on any atom is 0.410 e. The van der Waals surface area contributed by atoms with E-state index in [1.54, 1.807) is 4.90 Å².